The highest BCUT2D eigenvalue weighted by Crippen LogP contribution is 2.20. The van der Waals surface area contributed by atoms with Crippen LogP contribution in [0.15, 0.2) is 23.0 Å². The summed E-state index contributed by atoms with van der Waals surface area (Å²) < 4.78 is 6.99. The van der Waals surface area contributed by atoms with Gasteiger partial charge in [-0.05, 0) is 27.7 Å². The molecule has 1 saturated heterocycles. The number of hydrogen-bond donors (Lipinski definition) is 0. The molecule has 1 aliphatic heterocycles. The molecule has 1 aliphatic rings. The van der Waals surface area contributed by atoms with Crippen molar-refractivity contribution in [3.63, 3.8) is 0 Å². The van der Waals surface area contributed by atoms with E-state index in [0.717, 1.165) is 23.0 Å². The zero-order valence-corrected chi connectivity index (χ0v) is 16.5. The standard InChI is InChI=1S/C19H23N7O2/c1-12-9-16(23-28-12)19(27)25-7-5-24(6-8-25)17-10-18(22-15(4)21-17)26-11-20-13(2)14(26)3/h9-11H,5-8H2,1-4H3. The summed E-state index contributed by atoms with van der Waals surface area (Å²) in [6.45, 7) is 10.3. The van der Waals surface area contributed by atoms with Crippen LogP contribution in [-0.2, 0) is 0 Å². The number of amides is 1. The molecule has 0 bridgehead atoms. The second-order valence-corrected chi connectivity index (χ2v) is 7.02. The highest BCUT2D eigenvalue weighted by molar-refractivity contribution is 5.92. The first-order chi connectivity index (χ1) is 13.4. The first-order valence-corrected chi connectivity index (χ1v) is 9.26. The minimum Gasteiger partial charge on any atom is -0.361 e. The van der Waals surface area contributed by atoms with Gasteiger partial charge in [0.15, 0.2) is 5.69 Å². The summed E-state index contributed by atoms with van der Waals surface area (Å²) in [5.41, 5.74) is 2.40. The predicted octanol–water partition coefficient (Wildman–Crippen LogP) is 1.85. The van der Waals surface area contributed by atoms with Gasteiger partial charge in [0, 0.05) is 44.0 Å². The number of anilines is 1. The fraction of sp³-hybridized carbons (Fsp3) is 0.421. The van der Waals surface area contributed by atoms with Crippen LogP contribution in [0.4, 0.5) is 5.82 Å². The van der Waals surface area contributed by atoms with Gasteiger partial charge in [-0.3, -0.25) is 9.36 Å². The molecular formula is C19H23N7O2. The van der Waals surface area contributed by atoms with E-state index in [4.69, 9.17) is 4.52 Å². The molecule has 0 N–H and O–H groups in total. The van der Waals surface area contributed by atoms with Crippen molar-refractivity contribution in [2.75, 3.05) is 31.1 Å². The van der Waals surface area contributed by atoms with E-state index < -0.39 is 0 Å². The van der Waals surface area contributed by atoms with E-state index in [-0.39, 0.29) is 5.91 Å². The maximum Gasteiger partial charge on any atom is 0.276 e. The fourth-order valence-electron chi connectivity index (χ4n) is 3.32. The zero-order chi connectivity index (χ0) is 19.8. The number of hydrogen-bond acceptors (Lipinski definition) is 7. The average molecular weight is 381 g/mol. The highest BCUT2D eigenvalue weighted by atomic mass is 16.5. The van der Waals surface area contributed by atoms with Crippen molar-refractivity contribution >= 4 is 11.7 Å². The smallest absolute Gasteiger partial charge is 0.276 e. The van der Waals surface area contributed by atoms with Crippen molar-refractivity contribution < 1.29 is 9.32 Å². The van der Waals surface area contributed by atoms with E-state index in [0.29, 0.717) is 43.5 Å². The van der Waals surface area contributed by atoms with Crippen LogP contribution >= 0.6 is 0 Å². The Labute approximate surface area is 163 Å². The maximum absolute atomic E-state index is 12.5. The Morgan fingerprint density at radius 2 is 1.71 bits per heavy atom. The molecule has 0 atom stereocenters. The summed E-state index contributed by atoms with van der Waals surface area (Å²) in [7, 11) is 0. The Kier molecular flexibility index (Phi) is 4.58. The van der Waals surface area contributed by atoms with Crippen LogP contribution < -0.4 is 4.90 Å². The lowest BCUT2D eigenvalue weighted by Crippen LogP contribution is -2.49. The van der Waals surface area contributed by atoms with Crippen LogP contribution in [0, 0.1) is 27.7 Å². The molecule has 1 amide bonds. The van der Waals surface area contributed by atoms with E-state index in [2.05, 4.69) is 25.0 Å². The number of carbonyl (C=O) groups is 1. The number of nitrogens with zero attached hydrogens (tertiary/aromatic N) is 7. The summed E-state index contributed by atoms with van der Waals surface area (Å²) in [5, 5.41) is 3.83. The van der Waals surface area contributed by atoms with Gasteiger partial charge in [0.25, 0.3) is 5.91 Å². The van der Waals surface area contributed by atoms with Crippen LogP contribution in [0.2, 0.25) is 0 Å². The number of aryl methyl sites for hydroxylation is 3. The largest absolute Gasteiger partial charge is 0.361 e. The summed E-state index contributed by atoms with van der Waals surface area (Å²) in [6.07, 6.45) is 1.78. The van der Waals surface area contributed by atoms with Crippen LogP contribution in [0.25, 0.3) is 5.82 Å². The molecule has 3 aromatic heterocycles. The van der Waals surface area contributed by atoms with Gasteiger partial charge in [0.2, 0.25) is 0 Å². The van der Waals surface area contributed by atoms with E-state index in [9.17, 15) is 4.79 Å². The Bertz CT molecular complexity index is 1020. The molecule has 0 radical (unpaired) electrons. The highest BCUT2D eigenvalue weighted by Gasteiger charge is 2.25. The van der Waals surface area contributed by atoms with Crippen LogP contribution in [-0.4, -0.2) is 61.7 Å². The fourth-order valence-corrected chi connectivity index (χ4v) is 3.32. The van der Waals surface area contributed by atoms with Crippen molar-refractivity contribution in [1.29, 1.82) is 0 Å². The minimum absolute atomic E-state index is 0.0967. The third-order valence-corrected chi connectivity index (χ3v) is 5.05. The lowest BCUT2D eigenvalue weighted by molar-refractivity contribution is 0.0736. The third kappa shape index (κ3) is 3.35. The number of carbonyl (C=O) groups excluding carboxylic acids is 1. The van der Waals surface area contributed by atoms with E-state index in [1.807, 2.05) is 31.4 Å². The molecule has 0 spiro atoms. The molecule has 9 heteroatoms. The van der Waals surface area contributed by atoms with Crippen LogP contribution in [0.1, 0.15) is 33.5 Å². The van der Waals surface area contributed by atoms with Crippen molar-refractivity contribution in [2.45, 2.75) is 27.7 Å². The van der Waals surface area contributed by atoms with Gasteiger partial charge >= 0.3 is 0 Å². The lowest BCUT2D eigenvalue weighted by Gasteiger charge is -2.35. The molecule has 4 heterocycles. The molecule has 0 unspecified atom stereocenters. The molecule has 4 rings (SSSR count). The Hall–Kier alpha value is -3.23. The number of aromatic nitrogens is 5. The second-order valence-electron chi connectivity index (χ2n) is 7.02. The normalized spacial score (nSPS) is 14.6. The minimum atomic E-state index is -0.0967. The summed E-state index contributed by atoms with van der Waals surface area (Å²) in [4.78, 5) is 30.0. The van der Waals surface area contributed by atoms with Gasteiger partial charge in [0.05, 0.1) is 5.69 Å². The maximum atomic E-state index is 12.5. The molecule has 3 aromatic rings. The van der Waals surface area contributed by atoms with E-state index >= 15 is 0 Å². The van der Waals surface area contributed by atoms with E-state index in [1.54, 1.807) is 24.2 Å². The van der Waals surface area contributed by atoms with Crippen LogP contribution in [0.5, 0.6) is 0 Å². The number of imidazole rings is 1. The number of rotatable bonds is 3. The molecule has 9 nitrogen and oxygen atoms in total. The molecule has 0 saturated carbocycles. The Morgan fingerprint density at radius 3 is 2.32 bits per heavy atom. The second kappa shape index (κ2) is 7.06. The van der Waals surface area contributed by atoms with Gasteiger partial charge in [-0.25, -0.2) is 15.0 Å². The molecular weight excluding hydrogens is 358 g/mol. The molecule has 1 fully saturated rings. The Balaban J connectivity index is 1.50. The third-order valence-electron chi connectivity index (χ3n) is 5.05. The monoisotopic (exact) mass is 381 g/mol. The van der Waals surface area contributed by atoms with Crippen molar-refractivity contribution in [3.8, 4) is 5.82 Å². The van der Waals surface area contributed by atoms with Gasteiger partial charge in [-0.15, -0.1) is 0 Å². The molecule has 28 heavy (non-hydrogen) atoms. The average Bonchev–Trinajstić information content (AvgIpc) is 3.27. The molecule has 0 aliphatic carbocycles. The number of piperazine rings is 1. The summed E-state index contributed by atoms with van der Waals surface area (Å²) >= 11 is 0. The van der Waals surface area contributed by atoms with Gasteiger partial charge < -0.3 is 14.3 Å². The lowest BCUT2D eigenvalue weighted by atomic mass is 10.2. The molecule has 146 valence electrons. The quantitative estimate of drug-likeness (QED) is 0.683. The van der Waals surface area contributed by atoms with Crippen molar-refractivity contribution in [2.24, 2.45) is 0 Å². The predicted molar refractivity (Wildman–Crippen MR) is 103 cm³/mol. The van der Waals surface area contributed by atoms with Gasteiger partial charge in [0.1, 0.15) is 29.5 Å². The molecule has 0 aromatic carbocycles. The van der Waals surface area contributed by atoms with Crippen molar-refractivity contribution in [1.82, 2.24) is 29.6 Å². The van der Waals surface area contributed by atoms with Gasteiger partial charge in [-0.1, -0.05) is 5.16 Å². The van der Waals surface area contributed by atoms with Crippen LogP contribution in [0.3, 0.4) is 0 Å². The first kappa shape index (κ1) is 18.1. The zero-order valence-electron chi connectivity index (χ0n) is 16.5. The topological polar surface area (TPSA) is 93.2 Å². The van der Waals surface area contributed by atoms with Gasteiger partial charge in [-0.2, -0.15) is 0 Å². The first-order valence-electron chi connectivity index (χ1n) is 9.26. The SMILES string of the molecule is Cc1nc(N2CCN(C(=O)c3cc(C)on3)CC2)cc(-n2cnc(C)c2C)n1. The van der Waals surface area contributed by atoms with E-state index in [1.165, 1.54) is 0 Å². The summed E-state index contributed by atoms with van der Waals surface area (Å²) in [5.74, 6) is 2.90. The van der Waals surface area contributed by atoms with Crippen molar-refractivity contribution in [3.05, 3.63) is 47.1 Å². The Morgan fingerprint density at radius 1 is 1.00 bits per heavy atom. The summed E-state index contributed by atoms with van der Waals surface area (Å²) in [6, 6.07) is 3.64.